The molecule has 1 heterocycles. The van der Waals surface area contributed by atoms with Gasteiger partial charge < -0.3 is 15.0 Å². The number of rotatable bonds is 5. The lowest BCUT2D eigenvalue weighted by atomic mass is 10.1. The van der Waals surface area contributed by atoms with Crippen molar-refractivity contribution in [2.24, 2.45) is 0 Å². The minimum absolute atomic E-state index is 0.607. The van der Waals surface area contributed by atoms with Gasteiger partial charge >= 0.3 is 0 Å². The second-order valence-corrected chi connectivity index (χ2v) is 4.50. The van der Waals surface area contributed by atoms with Crippen molar-refractivity contribution >= 4 is 0 Å². The highest BCUT2D eigenvalue weighted by Crippen LogP contribution is 2.04. The van der Waals surface area contributed by atoms with Crippen LogP contribution in [-0.2, 0) is 6.42 Å². The van der Waals surface area contributed by atoms with E-state index in [2.05, 4.69) is 16.0 Å². The Bertz CT molecular complexity index is 249. The van der Waals surface area contributed by atoms with Crippen molar-refractivity contribution in [3.63, 3.8) is 0 Å². The molecule has 0 spiro atoms. The molecule has 0 aliphatic carbocycles. The summed E-state index contributed by atoms with van der Waals surface area (Å²) in [5, 5.41) is 9.60. The minimum atomic E-state index is -0.607. The van der Waals surface area contributed by atoms with Gasteiger partial charge in [0.2, 0.25) is 0 Å². The van der Waals surface area contributed by atoms with Crippen LogP contribution in [0.25, 0.3) is 0 Å². The van der Waals surface area contributed by atoms with Crippen LogP contribution in [0.2, 0.25) is 0 Å². The molecule has 1 aromatic rings. The van der Waals surface area contributed by atoms with Gasteiger partial charge in [0.15, 0.2) is 0 Å². The second kappa shape index (κ2) is 4.62. The van der Waals surface area contributed by atoms with E-state index in [0.29, 0.717) is 6.54 Å². The van der Waals surface area contributed by atoms with Crippen LogP contribution in [0.5, 0.6) is 0 Å². The summed E-state index contributed by atoms with van der Waals surface area (Å²) < 4.78 is 0. The van der Waals surface area contributed by atoms with Crippen LogP contribution < -0.4 is 0 Å². The lowest BCUT2D eigenvalue weighted by Crippen LogP contribution is -2.37. The number of H-pyrrole nitrogens is 1. The number of hydrogen-bond acceptors (Lipinski definition) is 2. The summed E-state index contributed by atoms with van der Waals surface area (Å²) >= 11 is 0. The molecule has 0 amide bonds. The maximum absolute atomic E-state index is 9.60. The van der Waals surface area contributed by atoms with E-state index in [1.165, 1.54) is 5.69 Å². The normalized spacial score (nSPS) is 12.4. The van der Waals surface area contributed by atoms with Gasteiger partial charge in [-0.1, -0.05) is 0 Å². The molecule has 0 aliphatic heterocycles. The number of nitrogens with one attached hydrogen (secondary N) is 1. The zero-order valence-electron chi connectivity index (χ0n) is 9.25. The number of nitrogens with zero attached hydrogens (tertiary/aromatic N) is 1. The van der Waals surface area contributed by atoms with Gasteiger partial charge in [0.25, 0.3) is 0 Å². The van der Waals surface area contributed by atoms with Crippen LogP contribution in [0, 0.1) is 0 Å². The van der Waals surface area contributed by atoms with Crippen LogP contribution in [0.4, 0.5) is 0 Å². The molecule has 0 saturated carbocycles. The van der Waals surface area contributed by atoms with Crippen molar-refractivity contribution in [1.29, 1.82) is 0 Å². The van der Waals surface area contributed by atoms with Crippen LogP contribution in [0.3, 0.4) is 0 Å². The molecule has 0 aromatic carbocycles. The van der Waals surface area contributed by atoms with E-state index in [-0.39, 0.29) is 0 Å². The van der Waals surface area contributed by atoms with Gasteiger partial charge in [-0.25, -0.2) is 0 Å². The maximum Gasteiger partial charge on any atom is 0.0718 e. The predicted octanol–water partition coefficient (Wildman–Crippen LogP) is 1.26. The van der Waals surface area contributed by atoms with Crippen molar-refractivity contribution in [3.05, 3.63) is 24.0 Å². The van der Waals surface area contributed by atoms with E-state index >= 15 is 0 Å². The van der Waals surface area contributed by atoms with Crippen molar-refractivity contribution < 1.29 is 5.11 Å². The number of likely N-dealkylation sites (N-methyl/N-ethyl adjacent to an activating group) is 1. The Balaban J connectivity index is 2.25. The van der Waals surface area contributed by atoms with Gasteiger partial charge in [-0.2, -0.15) is 0 Å². The zero-order valence-corrected chi connectivity index (χ0v) is 9.25. The topological polar surface area (TPSA) is 39.3 Å². The van der Waals surface area contributed by atoms with E-state index in [1.807, 2.05) is 33.2 Å². The molecule has 80 valence electrons. The minimum Gasteiger partial charge on any atom is -0.389 e. The maximum atomic E-state index is 9.60. The third kappa shape index (κ3) is 4.44. The second-order valence-electron chi connectivity index (χ2n) is 4.50. The summed E-state index contributed by atoms with van der Waals surface area (Å²) in [6, 6.07) is 4.09. The Kier molecular flexibility index (Phi) is 3.72. The highest BCUT2D eigenvalue weighted by molar-refractivity contribution is 5.03. The summed E-state index contributed by atoms with van der Waals surface area (Å²) in [5.74, 6) is 0. The first-order valence-electron chi connectivity index (χ1n) is 5.00. The molecule has 0 unspecified atom stereocenters. The molecule has 0 saturated heterocycles. The average Bonchev–Trinajstić information content (AvgIpc) is 2.49. The average molecular weight is 196 g/mol. The van der Waals surface area contributed by atoms with Crippen molar-refractivity contribution in [2.75, 3.05) is 20.1 Å². The van der Waals surface area contributed by atoms with Gasteiger partial charge in [0.05, 0.1) is 5.60 Å². The predicted molar refractivity (Wildman–Crippen MR) is 58.3 cm³/mol. The lowest BCUT2D eigenvalue weighted by molar-refractivity contribution is 0.0449. The third-order valence-corrected chi connectivity index (χ3v) is 2.08. The quantitative estimate of drug-likeness (QED) is 0.744. The highest BCUT2D eigenvalue weighted by Gasteiger charge is 2.14. The summed E-state index contributed by atoms with van der Waals surface area (Å²) in [5.41, 5.74) is 0.636. The Labute approximate surface area is 85.7 Å². The number of aromatic nitrogens is 1. The van der Waals surface area contributed by atoms with Gasteiger partial charge in [0, 0.05) is 31.4 Å². The first-order chi connectivity index (χ1) is 6.47. The molecule has 0 atom stereocenters. The summed E-state index contributed by atoms with van der Waals surface area (Å²) in [6.45, 7) is 5.33. The highest BCUT2D eigenvalue weighted by atomic mass is 16.3. The van der Waals surface area contributed by atoms with E-state index in [1.54, 1.807) is 0 Å². The molecule has 1 rings (SSSR count). The Morgan fingerprint density at radius 2 is 2.21 bits per heavy atom. The van der Waals surface area contributed by atoms with Crippen molar-refractivity contribution in [2.45, 2.75) is 25.9 Å². The van der Waals surface area contributed by atoms with E-state index in [0.717, 1.165) is 13.0 Å². The van der Waals surface area contributed by atoms with Crippen molar-refractivity contribution in [1.82, 2.24) is 9.88 Å². The summed E-state index contributed by atoms with van der Waals surface area (Å²) in [4.78, 5) is 5.31. The van der Waals surface area contributed by atoms with E-state index in [9.17, 15) is 5.11 Å². The Morgan fingerprint density at radius 1 is 1.50 bits per heavy atom. The summed E-state index contributed by atoms with van der Waals surface area (Å²) in [6.07, 6.45) is 2.94. The smallest absolute Gasteiger partial charge is 0.0718 e. The first-order valence-corrected chi connectivity index (χ1v) is 5.00. The fraction of sp³-hybridized carbons (Fsp3) is 0.636. The summed E-state index contributed by atoms with van der Waals surface area (Å²) in [7, 11) is 2.03. The van der Waals surface area contributed by atoms with Gasteiger partial charge in [-0.15, -0.1) is 0 Å². The molecular formula is C11H20N2O. The molecule has 0 fully saturated rings. The lowest BCUT2D eigenvalue weighted by Gasteiger charge is -2.25. The monoisotopic (exact) mass is 196 g/mol. The molecule has 0 bridgehead atoms. The van der Waals surface area contributed by atoms with Gasteiger partial charge in [-0.3, -0.25) is 0 Å². The molecule has 2 N–H and O–H groups in total. The fourth-order valence-electron chi connectivity index (χ4n) is 1.57. The molecule has 0 radical (unpaired) electrons. The molecule has 14 heavy (non-hydrogen) atoms. The largest absolute Gasteiger partial charge is 0.389 e. The molecular weight excluding hydrogens is 176 g/mol. The number of aromatic amines is 1. The molecule has 3 heteroatoms. The molecule has 3 nitrogen and oxygen atoms in total. The molecule has 0 aliphatic rings. The van der Waals surface area contributed by atoms with Gasteiger partial charge in [0.1, 0.15) is 0 Å². The van der Waals surface area contributed by atoms with Crippen LogP contribution in [0.1, 0.15) is 19.5 Å². The van der Waals surface area contributed by atoms with E-state index in [4.69, 9.17) is 0 Å². The van der Waals surface area contributed by atoms with Crippen LogP contribution in [0.15, 0.2) is 18.3 Å². The molecule has 1 aromatic heterocycles. The zero-order chi connectivity index (χ0) is 10.6. The van der Waals surface area contributed by atoms with Crippen LogP contribution >= 0.6 is 0 Å². The third-order valence-electron chi connectivity index (χ3n) is 2.08. The SMILES string of the molecule is CN(CCc1ccc[nH]1)CC(C)(C)O. The van der Waals surface area contributed by atoms with Crippen LogP contribution in [-0.4, -0.2) is 40.7 Å². The Morgan fingerprint density at radius 3 is 2.71 bits per heavy atom. The number of aliphatic hydroxyl groups is 1. The van der Waals surface area contributed by atoms with Gasteiger partial charge in [-0.05, 0) is 33.0 Å². The van der Waals surface area contributed by atoms with E-state index < -0.39 is 5.60 Å². The number of hydrogen-bond donors (Lipinski definition) is 2. The fourth-order valence-corrected chi connectivity index (χ4v) is 1.57. The Hall–Kier alpha value is -0.800. The van der Waals surface area contributed by atoms with Crippen molar-refractivity contribution in [3.8, 4) is 0 Å². The first kappa shape index (κ1) is 11.3. The standard InChI is InChI=1S/C11H20N2O/c1-11(2,14)9-13(3)8-6-10-5-4-7-12-10/h4-5,7,12,14H,6,8-9H2,1-3H3.